The van der Waals surface area contributed by atoms with Crippen LogP contribution >= 0.6 is 0 Å². The standard InChI is InChI=1S/C40H25N/c1-2-14-29(15-3-1)41-37-21-11-10-20-34(37)39-38-32-18-8-6-16-30(32)35(28-23-22-26-12-4-5-13-27(26)24-28)25-36(38)31-17-7-9-19-33(31)40(39)41/h1-25H. The van der Waals surface area contributed by atoms with Crippen molar-refractivity contribution in [2.75, 3.05) is 0 Å². The predicted molar refractivity (Wildman–Crippen MR) is 176 cm³/mol. The van der Waals surface area contributed by atoms with Crippen LogP contribution in [0, 0.1) is 0 Å². The lowest BCUT2D eigenvalue weighted by atomic mass is 9.88. The predicted octanol–water partition coefficient (Wildman–Crippen LogP) is 11.1. The molecule has 9 rings (SSSR count). The lowest BCUT2D eigenvalue weighted by Gasteiger charge is -2.16. The van der Waals surface area contributed by atoms with Gasteiger partial charge in [0, 0.05) is 27.2 Å². The Labute approximate surface area is 237 Å². The minimum atomic E-state index is 1.18. The monoisotopic (exact) mass is 519 g/mol. The molecule has 0 bridgehead atoms. The molecule has 0 amide bonds. The molecule has 8 aromatic carbocycles. The Hall–Kier alpha value is -5.40. The van der Waals surface area contributed by atoms with Crippen LogP contribution in [0.15, 0.2) is 152 Å². The number of benzene rings is 8. The quantitative estimate of drug-likeness (QED) is 0.200. The summed E-state index contributed by atoms with van der Waals surface area (Å²) < 4.78 is 2.46. The largest absolute Gasteiger partial charge is 0.309 e. The number of para-hydroxylation sites is 2. The molecule has 1 heteroatoms. The van der Waals surface area contributed by atoms with E-state index in [1.165, 1.54) is 81.7 Å². The van der Waals surface area contributed by atoms with E-state index in [1.54, 1.807) is 0 Å². The molecular weight excluding hydrogens is 494 g/mol. The summed E-state index contributed by atoms with van der Waals surface area (Å²) in [5.41, 5.74) is 6.20. The summed E-state index contributed by atoms with van der Waals surface area (Å²) in [6, 6.07) is 55.5. The van der Waals surface area contributed by atoms with Gasteiger partial charge >= 0.3 is 0 Å². The number of hydrogen-bond acceptors (Lipinski definition) is 0. The van der Waals surface area contributed by atoms with Gasteiger partial charge < -0.3 is 4.57 Å². The average molecular weight is 520 g/mol. The van der Waals surface area contributed by atoms with E-state index in [2.05, 4.69) is 156 Å². The second-order valence-electron chi connectivity index (χ2n) is 10.9. The topological polar surface area (TPSA) is 4.93 Å². The first-order chi connectivity index (χ1) is 20.4. The molecule has 190 valence electrons. The summed E-state index contributed by atoms with van der Waals surface area (Å²) in [5.74, 6) is 0. The van der Waals surface area contributed by atoms with E-state index < -0.39 is 0 Å². The van der Waals surface area contributed by atoms with Crippen LogP contribution in [0.3, 0.4) is 0 Å². The van der Waals surface area contributed by atoms with Crippen molar-refractivity contribution >= 4 is 64.9 Å². The number of hydrogen-bond donors (Lipinski definition) is 0. The first-order valence-corrected chi connectivity index (χ1v) is 14.2. The number of nitrogens with zero attached hydrogens (tertiary/aromatic N) is 1. The molecule has 0 saturated heterocycles. The highest BCUT2D eigenvalue weighted by Crippen LogP contribution is 2.46. The minimum Gasteiger partial charge on any atom is -0.309 e. The molecule has 0 aliphatic rings. The van der Waals surface area contributed by atoms with E-state index in [-0.39, 0.29) is 0 Å². The summed E-state index contributed by atoms with van der Waals surface area (Å²) in [6.07, 6.45) is 0. The third-order valence-corrected chi connectivity index (χ3v) is 8.72. The lowest BCUT2D eigenvalue weighted by molar-refractivity contribution is 1.19. The highest BCUT2D eigenvalue weighted by molar-refractivity contribution is 6.38. The first kappa shape index (κ1) is 22.4. The average Bonchev–Trinajstić information content (AvgIpc) is 3.40. The van der Waals surface area contributed by atoms with E-state index in [4.69, 9.17) is 0 Å². The van der Waals surface area contributed by atoms with Gasteiger partial charge in [0.05, 0.1) is 11.0 Å². The van der Waals surface area contributed by atoms with Crippen LogP contribution in [0.2, 0.25) is 0 Å². The molecule has 0 radical (unpaired) electrons. The fraction of sp³-hybridized carbons (Fsp3) is 0. The zero-order valence-electron chi connectivity index (χ0n) is 22.4. The molecule has 1 aromatic heterocycles. The molecule has 1 nitrogen and oxygen atoms in total. The SMILES string of the molecule is c1ccc(-n2c3ccccc3c3c4c5ccccc5c(-c5ccc6ccccc6c5)cc4c4ccccc4c32)cc1. The zero-order chi connectivity index (χ0) is 26.9. The van der Waals surface area contributed by atoms with Crippen LogP contribution < -0.4 is 0 Å². The normalized spacial score (nSPS) is 11.9. The summed E-state index contributed by atoms with van der Waals surface area (Å²) >= 11 is 0. The molecular formula is C40H25N. The second-order valence-corrected chi connectivity index (χ2v) is 10.9. The molecule has 0 fully saturated rings. The van der Waals surface area contributed by atoms with Gasteiger partial charge in [-0.3, -0.25) is 0 Å². The van der Waals surface area contributed by atoms with Gasteiger partial charge in [0.15, 0.2) is 0 Å². The van der Waals surface area contributed by atoms with Gasteiger partial charge in [0.25, 0.3) is 0 Å². The summed E-state index contributed by atoms with van der Waals surface area (Å²) in [5, 5.41) is 12.9. The maximum atomic E-state index is 2.46. The van der Waals surface area contributed by atoms with Crippen molar-refractivity contribution in [1.82, 2.24) is 4.57 Å². The van der Waals surface area contributed by atoms with Crippen LogP contribution in [-0.4, -0.2) is 4.57 Å². The number of aromatic nitrogens is 1. The summed E-state index contributed by atoms with van der Waals surface area (Å²) in [6.45, 7) is 0. The Morgan fingerprint density at radius 2 is 1.00 bits per heavy atom. The minimum absolute atomic E-state index is 1.18. The van der Waals surface area contributed by atoms with E-state index in [0.717, 1.165) is 0 Å². The highest BCUT2D eigenvalue weighted by atomic mass is 15.0. The van der Waals surface area contributed by atoms with Gasteiger partial charge in [-0.25, -0.2) is 0 Å². The fourth-order valence-corrected chi connectivity index (χ4v) is 6.97. The van der Waals surface area contributed by atoms with Crippen molar-refractivity contribution in [3.05, 3.63) is 152 Å². The Morgan fingerprint density at radius 1 is 0.366 bits per heavy atom. The van der Waals surface area contributed by atoms with E-state index >= 15 is 0 Å². The van der Waals surface area contributed by atoms with Gasteiger partial charge in [-0.05, 0) is 73.8 Å². The molecule has 0 N–H and O–H groups in total. The number of rotatable bonds is 2. The van der Waals surface area contributed by atoms with Crippen molar-refractivity contribution in [3.8, 4) is 16.8 Å². The first-order valence-electron chi connectivity index (χ1n) is 14.2. The molecule has 0 atom stereocenters. The zero-order valence-corrected chi connectivity index (χ0v) is 22.4. The summed E-state index contributed by atoms with van der Waals surface area (Å²) in [4.78, 5) is 0. The van der Waals surface area contributed by atoms with Crippen molar-refractivity contribution in [1.29, 1.82) is 0 Å². The highest BCUT2D eigenvalue weighted by Gasteiger charge is 2.21. The van der Waals surface area contributed by atoms with Gasteiger partial charge in [-0.15, -0.1) is 0 Å². The van der Waals surface area contributed by atoms with Crippen molar-refractivity contribution in [2.24, 2.45) is 0 Å². The maximum Gasteiger partial charge on any atom is 0.0626 e. The van der Waals surface area contributed by atoms with Gasteiger partial charge in [-0.2, -0.15) is 0 Å². The van der Waals surface area contributed by atoms with Crippen LogP contribution in [-0.2, 0) is 0 Å². The van der Waals surface area contributed by atoms with E-state index in [1.807, 2.05) is 0 Å². The fourth-order valence-electron chi connectivity index (χ4n) is 6.97. The summed E-state index contributed by atoms with van der Waals surface area (Å²) in [7, 11) is 0. The molecule has 1 heterocycles. The molecule has 9 aromatic rings. The Morgan fingerprint density at radius 3 is 1.83 bits per heavy atom. The molecule has 0 saturated carbocycles. The second kappa shape index (κ2) is 8.55. The van der Waals surface area contributed by atoms with E-state index in [9.17, 15) is 0 Å². The third-order valence-electron chi connectivity index (χ3n) is 8.72. The maximum absolute atomic E-state index is 2.46. The van der Waals surface area contributed by atoms with Crippen LogP contribution in [0.5, 0.6) is 0 Å². The van der Waals surface area contributed by atoms with Crippen molar-refractivity contribution in [3.63, 3.8) is 0 Å². The van der Waals surface area contributed by atoms with Crippen LogP contribution in [0.1, 0.15) is 0 Å². The number of fused-ring (bicyclic) bond motifs is 11. The molecule has 0 aliphatic carbocycles. The molecule has 0 unspecified atom stereocenters. The smallest absolute Gasteiger partial charge is 0.0626 e. The van der Waals surface area contributed by atoms with Crippen LogP contribution in [0.4, 0.5) is 0 Å². The Kier molecular flexibility index (Phi) is 4.67. The van der Waals surface area contributed by atoms with Gasteiger partial charge in [0.1, 0.15) is 0 Å². The molecule has 0 spiro atoms. The lowest BCUT2D eigenvalue weighted by Crippen LogP contribution is -1.94. The molecule has 41 heavy (non-hydrogen) atoms. The van der Waals surface area contributed by atoms with E-state index in [0.29, 0.717) is 0 Å². The third kappa shape index (κ3) is 3.18. The Balaban J connectivity index is 1.54. The van der Waals surface area contributed by atoms with Crippen molar-refractivity contribution < 1.29 is 0 Å². The Bertz CT molecular complexity index is 2460. The van der Waals surface area contributed by atoms with Crippen LogP contribution in [0.25, 0.3) is 81.7 Å². The van der Waals surface area contributed by atoms with Gasteiger partial charge in [-0.1, -0.05) is 121 Å². The van der Waals surface area contributed by atoms with Crippen molar-refractivity contribution in [2.45, 2.75) is 0 Å². The molecule has 0 aliphatic heterocycles. The van der Waals surface area contributed by atoms with Gasteiger partial charge in [0.2, 0.25) is 0 Å².